The Bertz CT molecular complexity index is 13.5. The molecule has 0 aromatic rings. The number of rotatable bonds is 0. The Morgan fingerprint density at radius 2 is 1.17 bits per heavy atom. The van der Waals surface area contributed by atoms with Crippen LogP contribution in [0, 0.1) is 0 Å². The largest absolute Gasteiger partial charge is 0 e. The molecule has 0 unspecified atom stereocenters. The monoisotopic (exact) mass is 144 g/mol. The third kappa shape index (κ3) is 72.4. The van der Waals surface area contributed by atoms with E-state index in [0.29, 0.717) is 0 Å². The maximum Gasteiger partial charge on any atom is 0 e. The summed E-state index contributed by atoms with van der Waals surface area (Å²) < 4.78 is 7.94. The predicted octanol–water partition coefficient (Wildman–Crippen LogP) is -1.07. The van der Waals surface area contributed by atoms with E-state index in [4.69, 9.17) is 3.87 Å². The van der Waals surface area contributed by atoms with Crippen LogP contribution in [-0.2, 0) is 19.5 Å². The molecule has 0 atom stereocenters. The fourth-order valence-corrected chi connectivity index (χ4v) is 0. The Hall–Kier alpha value is 1.08. The van der Waals surface area contributed by atoms with Crippen molar-refractivity contribution in [3.05, 3.63) is 0 Å². The van der Waals surface area contributed by atoms with Gasteiger partial charge in [-0.1, -0.05) is 7.43 Å². The second-order valence-corrected chi connectivity index (χ2v) is 0. The summed E-state index contributed by atoms with van der Waals surface area (Å²) in [5.41, 5.74) is 0. The van der Waals surface area contributed by atoms with E-state index in [1.165, 1.54) is 0 Å². The molecule has 0 aliphatic carbocycles. The Morgan fingerprint density at radius 1 is 1.17 bits per heavy atom. The summed E-state index contributed by atoms with van der Waals surface area (Å²) in [5.74, 6) is 0. The van der Waals surface area contributed by atoms with Crippen molar-refractivity contribution in [3.63, 3.8) is 0 Å². The fraction of sp³-hybridized carbons (Fsp3) is 1.00. The Labute approximate surface area is 62.4 Å². The first-order chi connectivity index (χ1) is 1.00. The molecule has 0 saturated carbocycles. The minimum atomic E-state index is 0. The van der Waals surface area contributed by atoms with Crippen LogP contribution in [0.1, 0.15) is 7.43 Å². The third-order valence-electron chi connectivity index (χ3n) is 0. The van der Waals surface area contributed by atoms with E-state index in [-0.39, 0.29) is 42.7 Å². The van der Waals surface area contributed by atoms with Crippen molar-refractivity contribution in [2.45, 2.75) is 7.43 Å². The van der Waals surface area contributed by atoms with E-state index in [0.717, 1.165) is 0 Å². The van der Waals surface area contributed by atoms with Gasteiger partial charge in [0.05, 0.1) is 0 Å². The molecule has 2 nitrogen and oxygen atoms in total. The molecular weight excluding hydrogens is 138 g/mol. The van der Waals surface area contributed by atoms with Gasteiger partial charge in [-0.15, -0.1) is 0 Å². The van der Waals surface area contributed by atoms with Crippen molar-refractivity contribution in [3.8, 4) is 0 Å². The Balaban J connectivity index is -0.000000000833. The maximum atomic E-state index is 7.94. The zero-order valence-electron chi connectivity index (χ0n) is 2.74. The van der Waals surface area contributed by atoms with Gasteiger partial charge in [-0.05, 0) is 0 Å². The molecule has 36 valence electrons. The van der Waals surface area contributed by atoms with Crippen LogP contribution in [0.15, 0.2) is 0 Å². The van der Waals surface area contributed by atoms with E-state index >= 15 is 0 Å². The third-order valence-corrected chi connectivity index (χ3v) is 0. The van der Waals surface area contributed by atoms with Gasteiger partial charge < -0.3 is 5.48 Å². The van der Waals surface area contributed by atoms with Gasteiger partial charge in [-0.2, -0.15) is 0 Å². The van der Waals surface area contributed by atoms with Crippen LogP contribution in [0.3, 0.4) is 0 Å². The topological polar surface area (TPSA) is 48.6 Å². The minimum absolute atomic E-state index is 0. The maximum absolute atomic E-state index is 7.94. The van der Waals surface area contributed by atoms with Gasteiger partial charge in [0.2, 0.25) is 0 Å². The molecule has 0 heterocycles. The van der Waals surface area contributed by atoms with E-state index in [9.17, 15) is 0 Å². The first-order valence-electron chi connectivity index (χ1n) is 0.136. The van der Waals surface area contributed by atoms with Crippen LogP contribution in [0.2, 0.25) is 0 Å². The zero-order chi connectivity index (χ0) is 2.00. The molecule has 0 aromatic heterocycles. The first-order valence-corrected chi connectivity index (χ1v) is 0.561. The molecule has 0 fully saturated rings. The van der Waals surface area contributed by atoms with Gasteiger partial charge in [-0.25, -0.2) is 0 Å². The standard InChI is InChI=1S/CH4.Co.Li.H2O.O.Si/h1H4;;;1H2;;. The number of hydrogen-bond donors (Lipinski definition) is 0. The SMILES string of the molecule is C.O.[Li].[O]=[Co].[Si]. The van der Waals surface area contributed by atoms with Crippen molar-refractivity contribution in [1.82, 2.24) is 0 Å². The molecule has 6 heavy (non-hydrogen) atoms. The molecule has 0 aliphatic heterocycles. The summed E-state index contributed by atoms with van der Waals surface area (Å²) in [4.78, 5) is 0. The summed E-state index contributed by atoms with van der Waals surface area (Å²) in [6, 6.07) is 0. The molecule has 2 N–H and O–H groups in total. The van der Waals surface area contributed by atoms with Crippen molar-refractivity contribution < 1.29 is 25.0 Å². The second-order valence-electron chi connectivity index (χ2n) is 0. The normalized spacial score (nSPS) is 0.833. The molecule has 0 aliphatic rings. The molecule has 0 aromatic carbocycles. The van der Waals surface area contributed by atoms with Crippen molar-refractivity contribution in [2.24, 2.45) is 0 Å². The Morgan fingerprint density at radius 3 is 1.17 bits per heavy atom. The quantitative estimate of drug-likeness (QED) is 0.399. The van der Waals surface area contributed by atoms with Gasteiger partial charge in [0.15, 0.2) is 0 Å². The predicted molar refractivity (Wildman–Crippen MR) is 22.5 cm³/mol. The Kier molecular flexibility index (Phi) is 1350. The molecule has 5 heteroatoms. The molecule has 0 spiro atoms. The molecule has 0 rings (SSSR count). The fourth-order valence-electron chi connectivity index (χ4n) is 0. The summed E-state index contributed by atoms with van der Waals surface area (Å²) in [7, 11) is 0. The van der Waals surface area contributed by atoms with Gasteiger partial charge >= 0.3 is 19.5 Å². The van der Waals surface area contributed by atoms with Crippen LogP contribution >= 0.6 is 0 Å². The average molecular weight is 144 g/mol. The molecule has 0 bridgehead atoms. The average Bonchev–Trinajstić information content (AvgIpc) is 1.00. The first kappa shape index (κ1) is 60.5. The van der Waals surface area contributed by atoms with Crippen LogP contribution in [0.4, 0.5) is 0 Å². The minimum Gasteiger partial charge on any atom is 0 e. The second kappa shape index (κ2) is 134. The van der Waals surface area contributed by atoms with Gasteiger partial charge in [0, 0.05) is 29.8 Å². The van der Waals surface area contributed by atoms with Crippen LogP contribution in [0.25, 0.3) is 0 Å². The summed E-state index contributed by atoms with van der Waals surface area (Å²) in [6.07, 6.45) is 0. The van der Waals surface area contributed by atoms with Crippen LogP contribution in [-0.4, -0.2) is 35.3 Å². The van der Waals surface area contributed by atoms with Gasteiger partial charge in [0.25, 0.3) is 0 Å². The van der Waals surface area contributed by atoms with Crippen molar-refractivity contribution in [1.29, 1.82) is 0 Å². The molecule has 0 amide bonds. The number of hydrogen-bond acceptors (Lipinski definition) is 1. The van der Waals surface area contributed by atoms with Gasteiger partial charge in [0.1, 0.15) is 0 Å². The summed E-state index contributed by atoms with van der Waals surface area (Å²) in [6.45, 7) is 0. The van der Waals surface area contributed by atoms with E-state index in [1.54, 1.807) is 0 Å². The zero-order valence-corrected chi connectivity index (χ0v) is 4.78. The van der Waals surface area contributed by atoms with E-state index in [1.807, 2.05) is 0 Å². The van der Waals surface area contributed by atoms with Crippen LogP contribution in [0.5, 0.6) is 0 Å². The van der Waals surface area contributed by atoms with Crippen LogP contribution < -0.4 is 0 Å². The van der Waals surface area contributed by atoms with Gasteiger partial charge in [-0.3, -0.25) is 0 Å². The van der Waals surface area contributed by atoms with E-state index in [2.05, 4.69) is 15.7 Å². The summed E-state index contributed by atoms with van der Waals surface area (Å²) >= 11 is 2.31. The summed E-state index contributed by atoms with van der Waals surface area (Å²) in [5, 5.41) is 0. The molecule has 5 radical (unpaired) electrons. The molecule has 0 saturated heterocycles. The molecular formula is CH6CoLiO2Si. The smallest absolute Gasteiger partial charge is 0 e. The van der Waals surface area contributed by atoms with E-state index < -0.39 is 0 Å². The van der Waals surface area contributed by atoms with Crippen molar-refractivity contribution >= 4 is 29.8 Å². The van der Waals surface area contributed by atoms with Crippen molar-refractivity contribution in [2.75, 3.05) is 0 Å².